The van der Waals surface area contributed by atoms with Gasteiger partial charge in [0.1, 0.15) is 18.7 Å². The van der Waals surface area contributed by atoms with Crippen LogP contribution in [-0.2, 0) is 24.1 Å². The van der Waals surface area contributed by atoms with Crippen molar-refractivity contribution in [3.63, 3.8) is 0 Å². The molecule has 11 heteroatoms. The number of anilines is 1. The fraction of sp³-hybridized carbons (Fsp3) is 0.250. The maximum Gasteiger partial charge on any atom is 0.435 e. The van der Waals surface area contributed by atoms with Crippen LogP contribution in [0.1, 0.15) is 17.0 Å². The minimum absolute atomic E-state index is 0.00275. The van der Waals surface area contributed by atoms with Crippen LogP contribution >= 0.6 is 0 Å². The molecule has 1 amide bonds. The molecule has 0 aliphatic heterocycles. The molecule has 0 unspecified atom stereocenters. The molecule has 0 atom stereocenters. The first kappa shape index (κ1) is 18.5. The third-order valence-corrected chi connectivity index (χ3v) is 3.61. The monoisotopic (exact) mass is 382 g/mol. The van der Waals surface area contributed by atoms with E-state index in [1.807, 2.05) is 0 Å². The van der Waals surface area contributed by atoms with E-state index >= 15 is 0 Å². The van der Waals surface area contributed by atoms with Gasteiger partial charge < -0.3 is 0 Å². The maximum absolute atomic E-state index is 12.9. The van der Waals surface area contributed by atoms with Crippen LogP contribution in [0.25, 0.3) is 0 Å². The van der Waals surface area contributed by atoms with Crippen LogP contribution in [0.2, 0.25) is 0 Å². The first-order valence-electron chi connectivity index (χ1n) is 7.76. The Balaban J connectivity index is 1.61. The van der Waals surface area contributed by atoms with Crippen molar-refractivity contribution < 1.29 is 22.4 Å². The molecule has 3 rings (SSSR count). The summed E-state index contributed by atoms with van der Waals surface area (Å²) in [7, 11) is 0. The van der Waals surface area contributed by atoms with Gasteiger partial charge in [-0.05, 0) is 30.7 Å². The number of benzene rings is 1. The molecule has 0 aliphatic rings. The highest BCUT2D eigenvalue weighted by Gasteiger charge is 2.34. The minimum Gasteiger partial charge on any atom is -0.292 e. The number of rotatable bonds is 5. The zero-order chi connectivity index (χ0) is 19.6. The summed E-state index contributed by atoms with van der Waals surface area (Å²) in [5, 5.41) is 9.83. The zero-order valence-corrected chi connectivity index (χ0v) is 14.0. The molecule has 0 saturated carbocycles. The van der Waals surface area contributed by atoms with Gasteiger partial charge in [-0.2, -0.15) is 18.3 Å². The van der Waals surface area contributed by atoms with Gasteiger partial charge in [0.15, 0.2) is 5.69 Å². The molecule has 3 aromatic rings. The highest BCUT2D eigenvalue weighted by Crippen LogP contribution is 2.28. The van der Waals surface area contributed by atoms with Crippen LogP contribution in [0.15, 0.2) is 36.7 Å². The summed E-state index contributed by atoms with van der Waals surface area (Å²) in [6.07, 6.45) is -3.20. The summed E-state index contributed by atoms with van der Waals surface area (Å²) < 4.78 is 53.2. The number of aromatic nitrogens is 5. The summed E-state index contributed by atoms with van der Waals surface area (Å²) in [4.78, 5) is 15.9. The number of nitrogens with zero attached hydrogens (tertiary/aromatic N) is 5. The second kappa shape index (κ2) is 7.17. The van der Waals surface area contributed by atoms with E-state index in [1.165, 1.54) is 30.1 Å². The SMILES string of the molecule is Cc1cc(C(F)(F)F)nn1CC(=O)Nc1ncn(Cc2ccc(F)cc2)n1. The lowest BCUT2D eigenvalue weighted by molar-refractivity contribution is -0.141. The smallest absolute Gasteiger partial charge is 0.292 e. The number of carbonyl (C=O) groups is 1. The van der Waals surface area contributed by atoms with Crippen molar-refractivity contribution in [1.29, 1.82) is 0 Å². The van der Waals surface area contributed by atoms with Crippen LogP contribution in [0.3, 0.4) is 0 Å². The van der Waals surface area contributed by atoms with Crippen LogP contribution in [0.4, 0.5) is 23.5 Å². The second-order valence-corrected chi connectivity index (χ2v) is 5.77. The third-order valence-electron chi connectivity index (χ3n) is 3.61. The Hall–Kier alpha value is -3.24. The van der Waals surface area contributed by atoms with E-state index in [1.54, 1.807) is 12.1 Å². The first-order chi connectivity index (χ1) is 12.7. The van der Waals surface area contributed by atoms with Crippen molar-refractivity contribution in [2.24, 2.45) is 0 Å². The largest absolute Gasteiger partial charge is 0.435 e. The summed E-state index contributed by atoms with van der Waals surface area (Å²) in [5.74, 6) is -0.967. The van der Waals surface area contributed by atoms with Crippen LogP contribution in [-0.4, -0.2) is 30.5 Å². The Labute approximate surface area is 150 Å². The standard InChI is InChI=1S/C16H14F4N6O/c1-10-6-13(16(18,19)20)23-26(10)8-14(27)22-15-21-9-25(24-15)7-11-2-4-12(17)5-3-11/h2-6,9H,7-8H2,1H3,(H,22,24,27). The predicted molar refractivity (Wildman–Crippen MR) is 86.1 cm³/mol. The zero-order valence-electron chi connectivity index (χ0n) is 14.0. The van der Waals surface area contributed by atoms with Gasteiger partial charge in [0.2, 0.25) is 11.9 Å². The van der Waals surface area contributed by atoms with Crippen molar-refractivity contribution in [3.8, 4) is 0 Å². The highest BCUT2D eigenvalue weighted by atomic mass is 19.4. The predicted octanol–water partition coefficient (Wildman–Crippen LogP) is 2.63. The van der Waals surface area contributed by atoms with Gasteiger partial charge in [-0.25, -0.2) is 14.1 Å². The summed E-state index contributed by atoms with van der Waals surface area (Å²) in [6.45, 7) is 1.33. The number of hydrogen-bond acceptors (Lipinski definition) is 4. The lowest BCUT2D eigenvalue weighted by Crippen LogP contribution is -2.21. The van der Waals surface area contributed by atoms with Crippen LogP contribution in [0.5, 0.6) is 0 Å². The van der Waals surface area contributed by atoms with Gasteiger partial charge in [-0.15, -0.1) is 5.10 Å². The topological polar surface area (TPSA) is 77.6 Å². The van der Waals surface area contributed by atoms with Gasteiger partial charge in [0, 0.05) is 5.69 Å². The Morgan fingerprint density at radius 1 is 1.19 bits per heavy atom. The number of amides is 1. The molecular weight excluding hydrogens is 368 g/mol. The van der Waals surface area contributed by atoms with Gasteiger partial charge in [0.25, 0.3) is 0 Å². The van der Waals surface area contributed by atoms with Gasteiger partial charge in [-0.3, -0.25) is 14.8 Å². The van der Waals surface area contributed by atoms with E-state index in [0.29, 0.717) is 6.54 Å². The molecule has 0 radical (unpaired) electrons. The Kier molecular flexibility index (Phi) is 4.93. The number of halogens is 4. The van der Waals surface area contributed by atoms with E-state index in [2.05, 4.69) is 20.5 Å². The second-order valence-electron chi connectivity index (χ2n) is 5.77. The van der Waals surface area contributed by atoms with Crippen molar-refractivity contribution in [2.45, 2.75) is 26.2 Å². The number of nitrogens with one attached hydrogen (secondary N) is 1. The molecule has 0 bridgehead atoms. The molecule has 7 nitrogen and oxygen atoms in total. The maximum atomic E-state index is 12.9. The van der Waals surface area contributed by atoms with Crippen LogP contribution in [0, 0.1) is 12.7 Å². The van der Waals surface area contributed by atoms with E-state index in [-0.39, 0.29) is 17.5 Å². The van der Waals surface area contributed by atoms with Gasteiger partial charge in [-0.1, -0.05) is 12.1 Å². The lowest BCUT2D eigenvalue weighted by Gasteiger charge is -2.04. The Bertz CT molecular complexity index is 945. The lowest BCUT2D eigenvalue weighted by atomic mass is 10.2. The van der Waals surface area contributed by atoms with Gasteiger partial charge in [0.05, 0.1) is 6.54 Å². The van der Waals surface area contributed by atoms with Crippen molar-refractivity contribution in [3.05, 3.63) is 59.4 Å². The summed E-state index contributed by atoms with van der Waals surface area (Å²) in [6, 6.07) is 6.68. The van der Waals surface area contributed by atoms with E-state index in [4.69, 9.17) is 0 Å². The molecule has 0 saturated heterocycles. The van der Waals surface area contributed by atoms with E-state index < -0.39 is 24.3 Å². The number of aryl methyl sites for hydroxylation is 1. The Morgan fingerprint density at radius 3 is 2.52 bits per heavy atom. The number of hydrogen-bond donors (Lipinski definition) is 1. The van der Waals surface area contributed by atoms with E-state index in [9.17, 15) is 22.4 Å². The summed E-state index contributed by atoms with van der Waals surface area (Å²) in [5.41, 5.74) is -0.0761. The number of carbonyl (C=O) groups excluding carboxylic acids is 1. The fourth-order valence-electron chi connectivity index (χ4n) is 2.31. The van der Waals surface area contributed by atoms with Crippen molar-refractivity contribution in [1.82, 2.24) is 24.5 Å². The van der Waals surface area contributed by atoms with Crippen molar-refractivity contribution >= 4 is 11.9 Å². The average Bonchev–Trinajstić information content (AvgIpc) is 3.16. The van der Waals surface area contributed by atoms with Crippen LogP contribution < -0.4 is 5.32 Å². The third kappa shape index (κ3) is 4.68. The van der Waals surface area contributed by atoms with Gasteiger partial charge >= 0.3 is 6.18 Å². The first-order valence-corrected chi connectivity index (χ1v) is 7.76. The molecule has 0 aliphatic carbocycles. The highest BCUT2D eigenvalue weighted by molar-refractivity contribution is 5.88. The molecule has 2 heterocycles. The molecule has 0 spiro atoms. The van der Waals surface area contributed by atoms with Crippen molar-refractivity contribution in [2.75, 3.05) is 5.32 Å². The quantitative estimate of drug-likeness (QED) is 0.689. The molecule has 2 aromatic heterocycles. The Morgan fingerprint density at radius 2 is 1.89 bits per heavy atom. The minimum atomic E-state index is -4.58. The summed E-state index contributed by atoms with van der Waals surface area (Å²) >= 11 is 0. The molecule has 142 valence electrons. The molecule has 1 aromatic carbocycles. The van der Waals surface area contributed by atoms with E-state index in [0.717, 1.165) is 16.3 Å². The molecule has 0 fully saturated rings. The number of alkyl halides is 3. The average molecular weight is 382 g/mol. The molecule has 27 heavy (non-hydrogen) atoms. The fourth-order valence-corrected chi connectivity index (χ4v) is 2.31. The molecular formula is C16H14F4N6O. The molecule has 1 N–H and O–H groups in total. The normalized spacial score (nSPS) is 11.6.